The molecule has 0 amide bonds. The van der Waals surface area contributed by atoms with E-state index in [2.05, 4.69) is 4.90 Å². The highest BCUT2D eigenvalue weighted by molar-refractivity contribution is 5.45. The first-order valence-electron chi connectivity index (χ1n) is 9.46. The summed E-state index contributed by atoms with van der Waals surface area (Å²) >= 11 is 0. The smallest absolute Gasteiger partial charge is 0.310 e. The number of hydrogen-bond donors (Lipinski definition) is 1. The number of rotatable bonds is 10. The highest BCUT2D eigenvalue weighted by atomic mass is 16.6. The molecule has 0 saturated heterocycles. The molecule has 0 unspecified atom stereocenters. The van der Waals surface area contributed by atoms with Gasteiger partial charge in [-0.05, 0) is 17.2 Å². The van der Waals surface area contributed by atoms with E-state index in [0.29, 0.717) is 19.6 Å². The summed E-state index contributed by atoms with van der Waals surface area (Å²) in [6.07, 6.45) is -0.790. The Morgan fingerprint density at radius 2 is 1.38 bits per heavy atom. The van der Waals surface area contributed by atoms with Crippen LogP contribution in [0.2, 0.25) is 0 Å². The molecular weight excluding hydrogens is 368 g/mol. The molecule has 150 valence electrons. The van der Waals surface area contributed by atoms with Crippen LogP contribution in [0.3, 0.4) is 0 Å². The van der Waals surface area contributed by atoms with Gasteiger partial charge < -0.3 is 9.84 Å². The maximum atomic E-state index is 11.1. The number of nitro groups is 1. The molecule has 6 heteroatoms. The molecule has 0 saturated carbocycles. The van der Waals surface area contributed by atoms with Gasteiger partial charge >= 0.3 is 5.69 Å². The molecule has 3 aromatic carbocycles. The van der Waals surface area contributed by atoms with Crippen LogP contribution < -0.4 is 4.74 Å². The molecule has 1 atom stereocenters. The first kappa shape index (κ1) is 20.5. The van der Waals surface area contributed by atoms with Crippen molar-refractivity contribution in [3.05, 3.63) is 106 Å². The Bertz CT molecular complexity index is 862. The molecule has 0 aliphatic rings. The van der Waals surface area contributed by atoms with Crippen molar-refractivity contribution < 1.29 is 14.8 Å². The molecule has 6 nitrogen and oxygen atoms in total. The number of benzene rings is 3. The molecule has 29 heavy (non-hydrogen) atoms. The van der Waals surface area contributed by atoms with E-state index in [0.717, 1.165) is 11.1 Å². The zero-order valence-corrected chi connectivity index (χ0v) is 16.1. The Balaban J connectivity index is 1.64. The van der Waals surface area contributed by atoms with Crippen LogP contribution in [0, 0.1) is 10.1 Å². The molecule has 3 rings (SSSR count). The maximum absolute atomic E-state index is 11.1. The second-order valence-electron chi connectivity index (χ2n) is 6.83. The van der Waals surface area contributed by atoms with Gasteiger partial charge in [-0.1, -0.05) is 72.8 Å². The zero-order valence-electron chi connectivity index (χ0n) is 16.1. The molecule has 1 N–H and O–H groups in total. The fraction of sp³-hybridized carbons (Fsp3) is 0.217. The summed E-state index contributed by atoms with van der Waals surface area (Å²) in [7, 11) is 0. The molecule has 3 aromatic rings. The van der Waals surface area contributed by atoms with Gasteiger partial charge in [0.2, 0.25) is 0 Å². The summed E-state index contributed by atoms with van der Waals surface area (Å²) in [6, 6.07) is 26.3. The first-order chi connectivity index (χ1) is 14.1. The fourth-order valence-electron chi connectivity index (χ4n) is 3.14. The van der Waals surface area contributed by atoms with E-state index >= 15 is 0 Å². The Kier molecular flexibility index (Phi) is 7.33. The molecule has 0 spiro atoms. The zero-order chi connectivity index (χ0) is 20.5. The van der Waals surface area contributed by atoms with Crippen molar-refractivity contribution in [1.29, 1.82) is 0 Å². The molecule has 0 aromatic heterocycles. The largest absolute Gasteiger partial charge is 0.484 e. The number of nitro benzene ring substituents is 1. The van der Waals surface area contributed by atoms with Crippen molar-refractivity contribution in [2.75, 3.05) is 13.2 Å². The van der Waals surface area contributed by atoms with E-state index in [9.17, 15) is 15.2 Å². The minimum absolute atomic E-state index is 0.0229. The predicted molar refractivity (Wildman–Crippen MR) is 112 cm³/mol. The molecule has 0 bridgehead atoms. The van der Waals surface area contributed by atoms with Gasteiger partial charge in [0, 0.05) is 25.7 Å². The van der Waals surface area contributed by atoms with Crippen LogP contribution in [0.25, 0.3) is 0 Å². The van der Waals surface area contributed by atoms with Crippen molar-refractivity contribution in [1.82, 2.24) is 4.90 Å². The van der Waals surface area contributed by atoms with Crippen LogP contribution in [0.15, 0.2) is 84.9 Å². The lowest BCUT2D eigenvalue weighted by Gasteiger charge is -2.25. The quantitative estimate of drug-likeness (QED) is 0.416. The molecule has 0 radical (unpaired) electrons. The van der Waals surface area contributed by atoms with E-state index in [4.69, 9.17) is 4.74 Å². The summed E-state index contributed by atoms with van der Waals surface area (Å²) in [5.74, 6) is 0.161. The summed E-state index contributed by atoms with van der Waals surface area (Å²) < 4.78 is 5.54. The van der Waals surface area contributed by atoms with Crippen LogP contribution >= 0.6 is 0 Å². The summed E-state index contributed by atoms with van der Waals surface area (Å²) in [5, 5.41) is 21.6. The average molecular weight is 392 g/mol. The molecule has 0 fully saturated rings. The average Bonchev–Trinajstić information content (AvgIpc) is 2.74. The molecule has 0 aliphatic carbocycles. The fourth-order valence-corrected chi connectivity index (χ4v) is 3.14. The first-order valence-corrected chi connectivity index (χ1v) is 9.46. The van der Waals surface area contributed by atoms with E-state index in [1.54, 1.807) is 12.1 Å². The van der Waals surface area contributed by atoms with Crippen LogP contribution in [0.1, 0.15) is 11.1 Å². The molecule has 0 heterocycles. The van der Waals surface area contributed by atoms with E-state index < -0.39 is 11.0 Å². The Morgan fingerprint density at radius 3 is 1.93 bits per heavy atom. The van der Waals surface area contributed by atoms with Gasteiger partial charge in [-0.3, -0.25) is 15.0 Å². The summed E-state index contributed by atoms with van der Waals surface area (Å²) in [6.45, 7) is 1.71. The highest BCUT2D eigenvalue weighted by Gasteiger charge is 2.17. The van der Waals surface area contributed by atoms with E-state index in [1.165, 1.54) is 12.1 Å². The summed E-state index contributed by atoms with van der Waals surface area (Å²) in [4.78, 5) is 12.8. The van der Waals surface area contributed by atoms with Gasteiger partial charge in [-0.2, -0.15) is 0 Å². The Morgan fingerprint density at radius 1 is 0.862 bits per heavy atom. The third-order valence-electron chi connectivity index (χ3n) is 4.46. The number of para-hydroxylation sites is 2. The van der Waals surface area contributed by atoms with Gasteiger partial charge in [0.25, 0.3) is 0 Å². The third-order valence-corrected chi connectivity index (χ3v) is 4.46. The van der Waals surface area contributed by atoms with Crippen molar-refractivity contribution in [2.45, 2.75) is 19.2 Å². The monoisotopic (exact) mass is 392 g/mol. The van der Waals surface area contributed by atoms with Crippen LogP contribution in [-0.4, -0.2) is 34.2 Å². The van der Waals surface area contributed by atoms with Gasteiger partial charge in [0.1, 0.15) is 12.7 Å². The normalized spacial score (nSPS) is 11.9. The second kappa shape index (κ2) is 10.4. The van der Waals surface area contributed by atoms with Gasteiger partial charge in [0.15, 0.2) is 5.75 Å². The third kappa shape index (κ3) is 6.41. The lowest BCUT2D eigenvalue weighted by atomic mass is 10.1. The van der Waals surface area contributed by atoms with E-state index in [-0.39, 0.29) is 18.0 Å². The van der Waals surface area contributed by atoms with E-state index in [1.807, 2.05) is 60.7 Å². The van der Waals surface area contributed by atoms with Gasteiger partial charge in [-0.25, -0.2) is 0 Å². The Hall–Kier alpha value is -3.22. The number of aliphatic hydroxyl groups is 1. The lowest BCUT2D eigenvalue weighted by molar-refractivity contribution is -0.385. The van der Waals surface area contributed by atoms with Gasteiger partial charge in [-0.15, -0.1) is 0 Å². The molecular formula is C23H24N2O4. The topological polar surface area (TPSA) is 75.8 Å². The SMILES string of the molecule is O=[N+]([O-])c1ccccc1OC[C@@H](O)CN(Cc1ccccc1)Cc1ccccc1. The van der Waals surface area contributed by atoms with Crippen LogP contribution in [0.5, 0.6) is 5.75 Å². The predicted octanol–water partition coefficient (Wildman–Crippen LogP) is 4.04. The maximum Gasteiger partial charge on any atom is 0.310 e. The second-order valence-corrected chi connectivity index (χ2v) is 6.83. The summed E-state index contributed by atoms with van der Waals surface area (Å²) in [5.41, 5.74) is 2.19. The Labute approximate surface area is 170 Å². The lowest BCUT2D eigenvalue weighted by Crippen LogP contribution is -2.35. The number of nitrogens with zero attached hydrogens (tertiary/aromatic N) is 2. The number of ether oxygens (including phenoxy) is 1. The minimum atomic E-state index is -0.790. The van der Waals surface area contributed by atoms with Crippen LogP contribution in [0.4, 0.5) is 5.69 Å². The van der Waals surface area contributed by atoms with Crippen molar-refractivity contribution in [3.63, 3.8) is 0 Å². The minimum Gasteiger partial charge on any atom is -0.484 e. The highest BCUT2D eigenvalue weighted by Crippen LogP contribution is 2.25. The number of aliphatic hydroxyl groups excluding tert-OH is 1. The standard InChI is InChI=1S/C23H24N2O4/c26-21(18-29-23-14-8-7-13-22(23)25(27)28)17-24(15-19-9-3-1-4-10-19)16-20-11-5-2-6-12-20/h1-14,21,26H,15-18H2/t21-/m0/s1. The number of hydrogen-bond acceptors (Lipinski definition) is 5. The van der Waals surface area contributed by atoms with Gasteiger partial charge in [0.05, 0.1) is 4.92 Å². The van der Waals surface area contributed by atoms with Crippen molar-refractivity contribution >= 4 is 5.69 Å². The molecule has 0 aliphatic heterocycles. The van der Waals surface area contributed by atoms with Crippen molar-refractivity contribution in [3.8, 4) is 5.75 Å². The van der Waals surface area contributed by atoms with Crippen molar-refractivity contribution in [2.24, 2.45) is 0 Å². The van der Waals surface area contributed by atoms with Crippen LogP contribution in [-0.2, 0) is 13.1 Å².